The third-order valence-electron chi connectivity index (χ3n) is 6.02. The van der Waals surface area contributed by atoms with E-state index in [2.05, 4.69) is 25.1 Å². The van der Waals surface area contributed by atoms with E-state index in [9.17, 15) is 9.59 Å². The van der Waals surface area contributed by atoms with Crippen molar-refractivity contribution in [1.29, 1.82) is 0 Å². The van der Waals surface area contributed by atoms with Crippen LogP contribution < -0.4 is 5.32 Å². The number of ether oxygens (including phenoxy) is 1. The van der Waals surface area contributed by atoms with Crippen LogP contribution in [-0.2, 0) is 9.53 Å². The number of anilines is 1. The fraction of sp³-hybridized carbons (Fsp3) is 0.440. The minimum absolute atomic E-state index is 0.0115. The number of nitrogens with one attached hydrogen (secondary N) is 1. The van der Waals surface area contributed by atoms with Crippen LogP contribution in [-0.4, -0.2) is 96.3 Å². The molecule has 0 bridgehead atoms. The number of nitrogens with zero attached hydrogens (tertiary/aromatic N) is 4. The summed E-state index contributed by atoms with van der Waals surface area (Å²) < 4.78 is 10.7. The van der Waals surface area contributed by atoms with Crippen molar-refractivity contribution < 1.29 is 18.7 Å². The fourth-order valence-electron chi connectivity index (χ4n) is 4.12. The molecule has 1 fully saturated rings. The van der Waals surface area contributed by atoms with Gasteiger partial charge < -0.3 is 14.5 Å². The number of hydrogen-bond donors (Lipinski definition) is 1. The largest absolute Gasteiger partial charge is 0.465 e. The number of amides is 1. The third kappa shape index (κ3) is 6.99. The Labute approximate surface area is 229 Å². The van der Waals surface area contributed by atoms with E-state index in [1.807, 2.05) is 31.6 Å². The van der Waals surface area contributed by atoms with Gasteiger partial charge in [0, 0.05) is 49.1 Å². The van der Waals surface area contributed by atoms with E-state index in [0.29, 0.717) is 28.4 Å². The Bertz CT molecular complexity index is 1240. The van der Waals surface area contributed by atoms with Crippen LogP contribution in [0.2, 0.25) is 0 Å². The topological polar surface area (TPSA) is 101 Å². The van der Waals surface area contributed by atoms with E-state index >= 15 is 0 Å². The highest BCUT2D eigenvalue weighted by molar-refractivity contribution is 7.99. The van der Waals surface area contributed by atoms with Crippen LogP contribution in [0.1, 0.15) is 16.1 Å². The molecule has 3 heterocycles. The number of esters is 1. The van der Waals surface area contributed by atoms with E-state index in [0.717, 1.165) is 59.8 Å². The Balaban J connectivity index is 1.23. The molecule has 4 rings (SSSR count). The lowest BCUT2D eigenvalue weighted by Crippen LogP contribution is -2.49. The molecule has 0 aliphatic carbocycles. The number of methoxy groups -OCH3 is 1. The molecule has 0 saturated carbocycles. The quantitative estimate of drug-likeness (QED) is 0.286. The van der Waals surface area contributed by atoms with Gasteiger partial charge >= 0.3 is 5.97 Å². The lowest BCUT2D eigenvalue weighted by molar-refractivity contribution is -0.117. The standard InChI is InChI=1S/C25H31N5O4S3/c1-16-14-19(35-3)21(23(26-16)36-4)28-20(31)15-30-10-8-29(9-11-30)12-13-37-25-27-18-7-5-6-17(22(18)34-25)24(32)33-2/h5-7,14H,8-13,15H2,1-4H3,(H,28,31). The molecule has 3 aromatic rings. The Morgan fingerprint density at radius 1 is 1.11 bits per heavy atom. The predicted molar refractivity (Wildman–Crippen MR) is 150 cm³/mol. The monoisotopic (exact) mass is 561 g/mol. The van der Waals surface area contributed by atoms with Crippen LogP contribution in [0, 0.1) is 6.92 Å². The minimum atomic E-state index is -0.435. The molecule has 1 N–H and O–H groups in total. The smallest absolute Gasteiger partial charge is 0.341 e. The molecule has 9 nitrogen and oxygen atoms in total. The first-order chi connectivity index (χ1) is 17.9. The minimum Gasteiger partial charge on any atom is -0.465 e. The Kier molecular flexibility index (Phi) is 9.77. The van der Waals surface area contributed by atoms with Gasteiger partial charge in [-0.2, -0.15) is 0 Å². The zero-order chi connectivity index (χ0) is 26.4. The summed E-state index contributed by atoms with van der Waals surface area (Å²) in [6.07, 6.45) is 3.98. The summed E-state index contributed by atoms with van der Waals surface area (Å²) in [5.74, 6) is 0.369. The number of thioether (sulfide) groups is 3. The van der Waals surface area contributed by atoms with Gasteiger partial charge in [-0.05, 0) is 37.6 Å². The zero-order valence-electron chi connectivity index (χ0n) is 21.4. The van der Waals surface area contributed by atoms with Crippen molar-refractivity contribution >= 4 is 63.9 Å². The highest BCUT2D eigenvalue weighted by Crippen LogP contribution is 2.33. The molecule has 37 heavy (non-hydrogen) atoms. The molecule has 198 valence electrons. The lowest BCUT2D eigenvalue weighted by atomic mass is 10.2. The number of benzene rings is 1. The van der Waals surface area contributed by atoms with E-state index in [1.165, 1.54) is 18.9 Å². The summed E-state index contributed by atoms with van der Waals surface area (Å²) >= 11 is 4.69. The molecule has 0 atom stereocenters. The van der Waals surface area contributed by atoms with Crippen LogP contribution in [0.4, 0.5) is 5.69 Å². The first kappa shape index (κ1) is 27.8. The van der Waals surface area contributed by atoms with Crippen LogP contribution >= 0.6 is 35.3 Å². The van der Waals surface area contributed by atoms with Gasteiger partial charge in [0.25, 0.3) is 5.22 Å². The van der Waals surface area contributed by atoms with Crippen LogP contribution in [0.3, 0.4) is 0 Å². The molecule has 1 saturated heterocycles. The second-order valence-corrected chi connectivity index (χ2v) is 11.2. The summed E-state index contributed by atoms with van der Waals surface area (Å²) in [7, 11) is 1.35. The molecule has 0 radical (unpaired) electrons. The molecule has 0 spiro atoms. The Hall–Kier alpha value is -2.25. The summed E-state index contributed by atoms with van der Waals surface area (Å²) in [5.41, 5.74) is 3.24. The molecule has 2 aromatic heterocycles. The Morgan fingerprint density at radius 2 is 1.86 bits per heavy atom. The van der Waals surface area contributed by atoms with Crippen molar-refractivity contribution in [2.24, 2.45) is 0 Å². The van der Waals surface area contributed by atoms with Gasteiger partial charge in [0.2, 0.25) is 5.91 Å². The SMILES string of the molecule is COC(=O)c1cccc2nc(SCCN3CCN(CC(=O)Nc4c(SC)cc(C)nc4SC)CC3)oc12. The molecule has 1 amide bonds. The van der Waals surface area contributed by atoms with Gasteiger partial charge in [-0.25, -0.2) is 14.8 Å². The first-order valence-corrected chi connectivity index (χ1v) is 15.3. The number of rotatable bonds is 10. The van der Waals surface area contributed by atoms with Crippen molar-refractivity contribution in [1.82, 2.24) is 19.8 Å². The maximum atomic E-state index is 12.8. The second kappa shape index (κ2) is 13.0. The van der Waals surface area contributed by atoms with Crippen molar-refractivity contribution in [2.45, 2.75) is 22.1 Å². The van der Waals surface area contributed by atoms with Crippen LogP contribution in [0.5, 0.6) is 0 Å². The lowest BCUT2D eigenvalue weighted by Gasteiger charge is -2.34. The van der Waals surface area contributed by atoms with E-state index in [4.69, 9.17) is 9.15 Å². The molecule has 12 heteroatoms. The number of aromatic nitrogens is 2. The number of oxazole rings is 1. The summed E-state index contributed by atoms with van der Waals surface area (Å²) in [6, 6.07) is 7.28. The Morgan fingerprint density at radius 3 is 2.57 bits per heavy atom. The van der Waals surface area contributed by atoms with E-state index in [1.54, 1.807) is 35.7 Å². The molecule has 1 aliphatic heterocycles. The summed E-state index contributed by atoms with van der Waals surface area (Å²) in [5, 5.41) is 4.49. The number of hydrogen-bond acceptors (Lipinski definition) is 11. The molecular formula is C25H31N5O4S3. The normalized spacial score (nSPS) is 14.7. The van der Waals surface area contributed by atoms with Gasteiger partial charge in [0.05, 0.1) is 19.3 Å². The van der Waals surface area contributed by atoms with Crippen molar-refractivity contribution in [3.63, 3.8) is 0 Å². The predicted octanol–water partition coefficient (Wildman–Crippen LogP) is 4.11. The highest BCUT2D eigenvalue weighted by atomic mass is 32.2. The summed E-state index contributed by atoms with van der Waals surface area (Å²) in [4.78, 5) is 39.4. The van der Waals surface area contributed by atoms with Crippen LogP contribution in [0.15, 0.2) is 43.8 Å². The maximum absolute atomic E-state index is 12.8. The number of pyridine rings is 1. The second-order valence-electron chi connectivity index (χ2n) is 8.49. The summed E-state index contributed by atoms with van der Waals surface area (Å²) in [6.45, 7) is 6.68. The molecule has 1 aliphatic rings. The van der Waals surface area contributed by atoms with Crippen molar-refractivity contribution in [3.05, 3.63) is 35.5 Å². The van der Waals surface area contributed by atoms with Gasteiger partial charge in [-0.1, -0.05) is 17.8 Å². The zero-order valence-corrected chi connectivity index (χ0v) is 23.9. The van der Waals surface area contributed by atoms with Crippen LogP contribution in [0.25, 0.3) is 11.1 Å². The molecule has 1 aromatic carbocycles. The van der Waals surface area contributed by atoms with Gasteiger partial charge in [0.1, 0.15) is 16.1 Å². The highest BCUT2D eigenvalue weighted by Gasteiger charge is 2.21. The fourth-order valence-corrected chi connectivity index (χ4v) is 6.25. The average Bonchev–Trinajstić information content (AvgIpc) is 3.33. The van der Waals surface area contributed by atoms with Crippen molar-refractivity contribution in [3.8, 4) is 0 Å². The van der Waals surface area contributed by atoms with E-state index in [-0.39, 0.29) is 5.91 Å². The third-order valence-corrected chi connectivity index (χ3v) is 8.27. The maximum Gasteiger partial charge on any atom is 0.341 e. The number of aryl methyl sites for hydroxylation is 1. The first-order valence-electron chi connectivity index (χ1n) is 11.9. The van der Waals surface area contributed by atoms with Gasteiger partial charge in [-0.15, -0.1) is 23.5 Å². The van der Waals surface area contributed by atoms with Crippen molar-refractivity contribution in [2.75, 3.05) is 70.0 Å². The number of carbonyl (C=O) groups is 2. The van der Waals surface area contributed by atoms with Gasteiger partial charge in [0.15, 0.2) is 5.58 Å². The van der Waals surface area contributed by atoms with E-state index < -0.39 is 5.97 Å². The number of fused-ring (bicyclic) bond motifs is 1. The average molecular weight is 562 g/mol. The molecule has 0 unspecified atom stereocenters. The number of piperazine rings is 1. The molecular weight excluding hydrogens is 531 g/mol. The number of para-hydroxylation sites is 1. The van der Waals surface area contributed by atoms with Gasteiger partial charge in [-0.3, -0.25) is 14.6 Å². The number of carbonyl (C=O) groups excluding carboxylic acids is 2.